The van der Waals surface area contributed by atoms with Crippen molar-refractivity contribution in [1.29, 1.82) is 10.5 Å². The summed E-state index contributed by atoms with van der Waals surface area (Å²) in [6, 6.07) is 14.4. The van der Waals surface area contributed by atoms with Crippen LogP contribution in [0.4, 0.5) is 5.69 Å². The van der Waals surface area contributed by atoms with Crippen molar-refractivity contribution in [3.8, 4) is 17.9 Å². The van der Waals surface area contributed by atoms with E-state index in [9.17, 15) is 4.79 Å². The number of amides is 1. The van der Waals surface area contributed by atoms with Gasteiger partial charge >= 0.3 is 0 Å². The van der Waals surface area contributed by atoms with Gasteiger partial charge in [-0.05, 0) is 55.3 Å². The molecule has 0 aliphatic rings. The summed E-state index contributed by atoms with van der Waals surface area (Å²) in [5.41, 5.74) is 3.33. The lowest BCUT2D eigenvalue weighted by Crippen LogP contribution is -2.35. The molecule has 0 radical (unpaired) electrons. The first-order valence-electron chi connectivity index (χ1n) is 8.03. The molecule has 132 valence electrons. The molecular formula is C20H18ClN3O2. The molecule has 0 N–H and O–H groups in total. The number of benzene rings is 2. The number of halogens is 1. The molecule has 0 spiro atoms. The van der Waals surface area contributed by atoms with E-state index in [4.69, 9.17) is 26.9 Å². The van der Waals surface area contributed by atoms with Crippen LogP contribution < -0.4 is 9.64 Å². The molecule has 0 saturated carbocycles. The number of nitrogens with zero attached hydrogens (tertiary/aromatic N) is 3. The van der Waals surface area contributed by atoms with Gasteiger partial charge in [0.2, 0.25) is 0 Å². The van der Waals surface area contributed by atoms with Crippen LogP contribution in [0.5, 0.6) is 5.75 Å². The Bertz CT molecular complexity index is 897. The SMILES string of the molecule is Cc1ccc(N(CCC#N)C(=O)COc2ccc(C#N)cc2Cl)cc1C. The van der Waals surface area contributed by atoms with Crippen LogP contribution in [0.15, 0.2) is 36.4 Å². The highest BCUT2D eigenvalue weighted by Gasteiger charge is 2.17. The summed E-state index contributed by atoms with van der Waals surface area (Å²) < 4.78 is 5.52. The zero-order valence-electron chi connectivity index (χ0n) is 14.6. The average molecular weight is 368 g/mol. The van der Waals surface area contributed by atoms with E-state index in [-0.39, 0.29) is 30.5 Å². The molecular weight excluding hydrogens is 350 g/mol. The summed E-state index contributed by atoms with van der Waals surface area (Å²) in [7, 11) is 0. The Balaban J connectivity index is 2.15. The van der Waals surface area contributed by atoms with Gasteiger partial charge in [-0.2, -0.15) is 10.5 Å². The Morgan fingerprint density at radius 3 is 2.54 bits per heavy atom. The molecule has 5 nitrogen and oxygen atoms in total. The Morgan fingerprint density at radius 1 is 1.15 bits per heavy atom. The van der Waals surface area contributed by atoms with Gasteiger partial charge < -0.3 is 9.64 Å². The van der Waals surface area contributed by atoms with Crippen LogP contribution >= 0.6 is 11.6 Å². The van der Waals surface area contributed by atoms with Crippen molar-refractivity contribution < 1.29 is 9.53 Å². The average Bonchev–Trinajstić information content (AvgIpc) is 2.63. The fourth-order valence-corrected chi connectivity index (χ4v) is 2.59. The summed E-state index contributed by atoms with van der Waals surface area (Å²) in [6.07, 6.45) is 0.219. The topological polar surface area (TPSA) is 77.1 Å². The van der Waals surface area contributed by atoms with Gasteiger partial charge in [0.1, 0.15) is 5.75 Å². The third-order valence-corrected chi connectivity index (χ3v) is 4.26. The smallest absolute Gasteiger partial charge is 0.264 e. The molecule has 26 heavy (non-hydrogen) atoms. The van der Waals surface area contributed by atoms with Gasteiger partial charge in [0.25, 0.3) is 5.91 Å². The van der Waals surface area contributed by atoms with E-state index in [1.807, 2.05) is 38.1 Å². The van der Waals surface area contributed by atoms with Crippen molar-refractivity contribution >= 4 is 23.2 Å². The van der Waals surface area contributed by atoms with Crippen LogP contribution in [0.25, 0.3) is 0 Å². The van der Waals surface area contributed by atoms with Crippen LogP contribution in [-0.2, 0) is 4.79 Å². The summed E-state index contributed by atoms with van der Waals surface area (Å²) >= 11 is 6.07. The molecule has 0 aromatic heterocycles. The monoisotopic (exact) mass is 367 g/mol. The minimum Gasteiger partial charge on any atom is -0.482 e. The number of rotatable bonds is 6. The Kier molecular flexibility index (Phi) is 6.60. The maximum Gasteiger partial charge on any atom is 0.264 e. The first-order valence-corrected chi connectivity index (χ1v) is 8.41. The van der Waals surface area contributed by atoms with Gasteiger partial charge in [-0.25, -0.2) is 0 Å². The van der Waals surface area contributed by atoms with Gasteiger partial charge in [0, 0.05) is 12.2 Å². The lowest BCUT2D eigenvalue weighted by molar-refractivity contribution is -0.120. The van der Waals surface area contributed by atoms with Crippen molar-refractivity contribution in [3.63, 3.8) is 0 Å². The molecule has 0 unspecified atom stereocenters. The molecule has 0 bridgehead atoms. The summed E-state index contributed by atoms with van der Waals surface area (Å²) in [5.74, 6) is 0.0586. The van der Waals surface area contributed by atoms with Gasteiger partial charge in [-0.15, -0.1) is 0 Å². The van der Waals surface area contributed by atoms with Crippen molar-refractivity contribution in [2.24, 2.45) is 0 Å². The van der Waals surface area contributed by atoms with E-state index in [1.54, 1.807) is 12.1 Å². The molecule has 0 saturated heterocycles. The maximum atomic E-state index is 12.6. The standard InChI is InChI=1S/C20H18ClN3O2/c1-14-4-6-17(10-15(14)2)24(9-3-8-22)20(25)13-26-19-7-5-16(12-23)11-18(19)21/h4-7,10-11H,3,9,13H2,1-2H3. The largest absolute Gasteiger partial charge is 0.482 e. The lowest BCUT2D eigenvalue weighted by atomic mass is 10.1. The normalized spacial score (nSPS) is 9.88. The molecule has 6 heteroatoms. The highest BCUT2D eigenvalue weighted by Crippen LogP contribution is 2.26. The minimum atomic E-state index is -0.274. The van der Waals surface area contributed by atoms with Crippen molar-refractivity contribution in [2.45, 2.75) is 20.3 Å². The predicted octanol–water partition coefficient (Wildman–Crippen LogP) is 4.15. The zero-order chi connectivity index (χ0) is 19.1. The second-order valence-corrected chi connectivity index (χ2v) is 6.17. The molecule has 2 aromatic rings. The van der Waals surface area contributed by atoms with Crippen LogP contribution in [0.2, 0.25) is 5.02 Å². The molecule has 0 heterocycles. The molecule has 1 amide bonds. The van der Waals surface area contributed by atoms with Crippen LogP contribution in [0.1, 0.15) is 23.1 Å². The number of aryl methyl sites for hydroxylation is 2. The highest BCUT2D eigenvalue weighted by molar-refractivity contribution is 6.32. The molecule has 0 fully saturated rings. The van der Waals surface area contributed by atoms with E-state index in [0.29, 0.717) is 11.3 Å². The fraction of sp³-hybridized carbons (Fsp3) is 0.250. The molecule has 0 atom stereocenters. The maximum absolute atomic E-state index is 12.6. The first-order chi connectivity index (χ1) is 12.5. The Hall–Kier alpha value is -3.02. The summed E-state index contributed by atoms with van der Waals surface area (Å²) in [5, 5.41) is 18.0. The predicted molar refractivity (Wildman–Crippen MR) is 100 cm³/mol. The van der Waals surface area contributed by atoms with Gasteiger partial charge in [0.05, 0.1) is 29.1 Å². The number of carbonyl (C=O) groups excluding carboxylic acids is 1. The van der Waals surface area contributed by atoms with E-state index in [0.717, 1.165) is 16.8 Å². The third-order valence-electron chi connectivity index (χ3n) is 3.96. The second kappa shape index (κ2) is 8.89. The van der Waals surface area contributed by atoms with Crippen LogP contribution in [0.3, 0.4) is 0 Å². The molecule has 0 aliphatic carbocycles. The van der Waals surface area contributed by atoms with Crippen molar-refractivity contribution in [3.05, 3.63) is 58.1 Å². The van der Waals surface area contributed by atoms with E-state index in [1.165, 1.54) is 11.0 Å². The highest BCUT2D eigenvalue weighted by atomic mass is 35.5. The fourth-order valence-electron chi connectivity index (χ4n) is 2.36. The number of hydrogen-bond donors (Lipinski definition) is 0. The van der Waals surface area contributed by atoms with Gasteiger partial charge in [0.15, 0.2) is 6.61 Å². The summed E-state index contributed by atoms with van der Waals surface area (Å²) in [6.45, 7) is 4.03. The quantitative estimate of drug-likeness (QED) is 0.768. The van der Waals surface area contributed by atoms with Crippen molar-refractivity contribution in [1.82, 2.24) is 0 Å². The van der Waals surface area contributed by atoms with E-state index in [2.05, 4.69) is 6.07 Å². The number of ether oxygens (including phenoxy) is 1. The molecule has 2 aromatic carbocycles. The number of hydrogen-bond acceptors (Lipinski definition) is 4. The minimum absolute atomic E-state index is 0.218. The number of carbonyl (C=O) groups is 1. The zero-order valence-corrected chi connectivity index (χ0v) is 15.4. The van der Waals surface area contributed by atoms with Gasteiger partial charge in [-0.1, -0.05) is 17.7 Å². The molecule has 2 rings (SSSR count). The van der Waals surface area contributed by atoms with Crippen LogP contribution in [-0.4, -0.2) is 19.1 Å². The molecule has 0 aliphatic heterocycles. The van der Waals surface area contributed by atoms with Crippen molar-refractivity contribution in [2.75, 3.05) is 18.1 Å². The Morgan fingerprint density at radius 2 is 1.92 bits per heavy atom. The number of anilines is 1. The second-order valence-electron chi connectivity index (χ2n) is 5.77. The third kappa shape index (κ3) is 4.75. The van der Waals surface area contributed by atoms with Gasteiger partial charge in [-0.3, -0.25) is 4.79 Å². The van der Waals surface area contributed by atoms with E-state index >= 15 is 0 Å². The lowest BCUT2D eigenvalue weighted by Gasteiger charge is -2.23. The number of nitriles is 2. The summed E-state index contributed by atoms with van der Waals surface area (Å²) in [4.78, 5) is 14.2. The van der Waals surface area contributed by atoms with Crippen LogP contribution in [0, 0.1) is 36.5 Å². The Labute approximate surface area is 158 Å². The van der Waals surface area contributed by atoms with E-state index < -0.39 is 0 Å². The first kappa shape index (κ1) is 19.3.